The van der Waals surface area contributed by atoms with Crippen LogP contribution in [0.1, 0.15) is 32.1 Å². The highest BCUT2D eigenvalue weighted by Gasteiger charge is 2.49. The molecule has 22 heteroatoms. The number of ketones is 2. The molecule has 246 valence electrons. The van der Waals surface area contributed by atoms with Gasteiger partial charge in [0, 0.05) is 54.9 Å². The summed E-state index contributed by atoms with van der Waals surface area (Å²) in [6.45, 7) is 0. The molecule has 12 nitrogen and oxygen atoms in total. The number of aromatic nitrogens is 2. The second-order valence-corrected chi connectivity index (χ2v) is 13.5. The second kappa shape index (κ2) is 12.4. The van der Waals surface area contributed by atoms with Gasteiger partial charge < -0.3 is 23.1 Å². The van der Waals surface area contributed by atoms with Crippen molar-refractivity contribution in [2.45, 2.75) is 11.0 Å². The fourth-order valence-corrected chi connectivity index (χ4v) is 6.01. The van der Waals surface area contributed by atoms with Crippen LogP contribution >= 0.6 is 30.3 Å². The van der Waals surface area contributed by atoms with Gasteiger partial charge in [0.2, 0.25) is 11.6 Å². The molecule has 0 unspecified atom stereocenters. The van der Waals surface area contributed by atoms with E-state index in [0.29, 0.717) is 24.3 Å². The van der Waals surface area contributed by atoms with E-state index in [9.17, 15) is 63.0 Å². The van der Waals surface area contributed by atoms with Crippen LogP contribution in [0.2, 0.25) is 0 Å². The summed E-state index contributed by atoms with van der Waals surface area (Å²) in [6.07, 6.45) is 2.69. The number of phenols is 2. The minimum Gasteiger partial charge on any atom is -0.507 e. The van der Waals surface area contributed by atoms with Crippen LogP contribution in [0.4, 0.5) is 26.3 Å². The Morgan fingerprint density at radius 2 is 1.22 bits per heavy atom. The molecule has 0 saturated carbocycles. The molecule has 0 amide bonds. The minimum absolute atomic E-state index is 0.00222. The summed E-state index contributed by atoms with van der Waals surface area (Å²) in [6, 6.07) is 7.89. The predicted molar refractivity (Wildman–Crippen MR) is 155 cm³/mol. The zero-order chi connectivity index (χ0) is 34.4. The zero-order valence-electron chi connectivity index (χ0n) is 21.8. The summed E-state index contributed by atoms with van der Waals surface area (Å²) >= 11 is 1.79. The number of hydrogen-bond acceptors (Lipinski definition) is 11. The maximum atomic E-state index is 13.6. The van der Waals surface area contributed by atoms with Crippen molar-refractivity contribution in [2.75, 3.05) is 0 Å². The molecule has 2 aromatic carbocycles. The van der Waals surface area contributed by atoms with Crippen LogP contribution in [0.5, 0.6) is 23.0 Å². The molecule has 2 N–H and O–H groups in total. The summed E-state index contributed by atoms with van der Waals surface area (Å²) in [5.74, 6) is -5.70. The monoisotopic (exact) mass is 826 g/mol. The number of phenolic OH excluding ortho intramolecular Hbond substituents is 2. The molecule has 0 bridgehead atoms. The predicted octanol–water partition coefficient (Wildman–Crippen LogP) is 5.46. The third-order valence-electron chi connectivity index (χ3n) is 5.77. The van der Waals surface area contributed by atoms with Gasteiger partial charge in [0.25, 0.3) is 0 Å². The molecular weight excluding hydrogens is 813 g/mol. The molecule has 2 aromatic heterocycles. The van der Waals surface area contributed by atoms with Crippen molar-refractivity contribution in [3.63, 3.8) is 0 Å². The molecule has 0 atom stereocenters. The first-order valence-electron chi connectivity index (χ1n) is 11.6. The van der Waals surface area contributed by atoms with Crippen molar-refractivity contribution in [3.05, 3.63) is 89.5 Å². The SMILES string of the molecule is O=C(c1ccc(OS(=O)(=O)C(F)(F)F)cc1O)c1c(-n2cccc2C(=O)c2ccc(OS(=O)(=O)C(F)(F)F)cc2O)ccn1SI. The van der Waals surface area contributed by atoms with Crippen LogP contribution in [-0.2, 0) is 20.2 Å². The fourth-order valence-electron chi connectivity index (χ4n) is 3.77. The lowest BCUT2D eigenvalue weighted by Gasteiger charge is -2.14. The summed E-state index contributed by atoms with van der Waals surface area (Å²) in [4.78, 5) is 27.0. The van der Waals surface area contributed by atoms with E-state index in [4.69, 9.17) is 0 Å². The average molecular weight is 826 g/mol. The summed E-state index contributed by atoms with van der Waals surface area (Å²) in [5, 5.41) is 20.7. The minimum atomic E-state index is -6.08. The highest BCUT2D eigenvalue weighted by molar-refractivity contribution is 14.2. The van der Waals surface area contributed by atoms with Gasteiger partial charge in [-0.1, -0.05) is 0 Å². The molecule has 0 radical (unpaired) electrons. The normalized spacial score (nSPS) is 12.6. The number of carbonyl (C=O) groups is 2. The van der Waals surface area contributed by atoms with E-state index in [0.717, 1.165) is 21.3 Å². The first-order chi connectivity index (χ1) is 21.2. The molecule has 4 aromatic rings. The molecule has 0 fully saturated rings. The Balaban J connectivity index is 1.70. The molecule has 4 rings (SSSR count). The standard InChI is InChI=1S/C24H13F6IN2O10S3/c25-23(26,27)45(38,39)42-12-3-5-14(18(34)10-12)21(36)17-2-1-8-32(17)16-7-9-33(44-31)20(16)22(37)15-6-4-13(11-19(15)35)43-46(40,41)24(28,29)30/h1-11,34-35H. The number of rotatable bonds is 10. The Bertz CT molecular complexity index is 2070. The maximum Gasteiger partial charge on any atom is 0.534 e. The molecule has 0 aliphatic heterocycles. The Morgan fingerprint density at radius 1 is 0.739 bits per heavy atom. The van der Waals surface area contributed by atoms with Crippen molar-refractivity contribution in [3.8, 4) is 28.7 Å². The topological polar surface area (TPSA) is 171 Å². The number of carbonyl (C=O) groups excluding carboxylic acids is 2. The van der Waals surface area contributed by atoms with Crippen molar-refractivity contribution in [2.24, 2.45) is 0 Å². The van der Waals surface area contributed by atoms with Gasteiger partial charge in [-0.05, 0) is 42.5 Å². The third-order valence-corrected chi connectivity index (χ3v) is 9.45. The van der Waals surface area contributed by atoms with Gasteiger partial charge in [0.05, 0.1) is 22.5 Å². The number of nitrogens with zero attached hydrogens (tertiary/aromatic N) is 2. The Labute approximate surface area is 270 Å². The first-order valence-corrected chi connectivity index (χ1v) is 17.8. The summed E-state index contributed by atoms with van der Waals surface area (Å²) in [5.41, 5.74) is -13.0. The lowest BCUT2D eigenvalue weighted by atomic mass is 10.0. The van der Waals surface area contributed by atoms with Crippen molar-refractivity contribution in [1.29, 1.82) is 0 Å². The van der Waals surface area contributed by atoms with Crippen LogP contribution < -0.4 is 8.37 Å². The van der Waals surface area contributed by atoms with Crippen molar-refractivity contribution < 1.29 is 71.3 Å². The van der Waals surface area contributed by atoms with E-state index in [1.165, 1.54) is 39.1 Å². The number of hydrogen-bond donors (Lipinski definition) is 2. The molecule has 46 heavy (non-hydrogen) atoms. The van der Waals surface area contributed by atoms with Gasteiger partial charge in [-0.2, -0.15) is 43.2 Å². The Kier molecular flexibility index (Phi) is 9.40. The molecule has 0 spiro atoms. The van der Waals surface area contributed by atoms with E-state index in [1.54, 1.807) is 21.2 Å². The number of halogens is 7. The highest BCUT2D eigenvalue weighted by atomic mass is 127. The zero-order valence-corrected chi connectivity index (χ0v) is 26.4. The molecular formula is C24H13F6IN2O10S3. The van der Waals surface area contributed by atoms with Gasteiger partial charge in [0.15, 0.2) is 0 Å². The molecule has 0 aliphatic rings. The smallest absolute Gasteiger partial charge is 0.507 e. The fraction of sp³-hybridized carbons (Fsp3) is 0.0833. The van der Waals surface area contributed by atoms with Crippen LogP contribution in [0.3, 0.4) is 0 Å². The van der Waals surface area contributed by atoms with Crippen LogP contribution in [-0.4, -0.2) is 58.2 Å². The lowest BCUT2D eigenvalue weighted by Crippen LogP contribution is -2.28. The van der Waals surface area contributed by atoms with Crippen molar-refractivity contribution >= 4 is 62.1 Å². The van der Waals surface area contributed by atoms with E-state index in [2.05, 4.69) is 8.37 Å². The summed E-state index contributed by atoms with van der Waals surface area (Å²) < 4.78 is 131. The van der Waals surface area contributed by atoms with Crippen LogP contribution in [0, 0.1) is 0 Å². The van der Waals surface area contributed by atoms with Gasteiger partial charge in [-0.25, -0.2) is 0 Å². The quantitative estimate of drug-likeness (QED) is 0.0685. The Morgan fingerprint density at radius 3 is 1.65 bits per heavy atom. The van der Waals surface area contributed by atoms with E-state index in [1.807, 2.05) is 0 Å². The molecule has 2 heterocycles. The van der Waals surface area contributed by atoms with E-state index < -0.39 is 76.9 Å². The first kappa shape index (κ1) is 35.0. The van der Waals surface area contributed by atoms with Crippen LogP contribution in [0.25, 0.3) is 5.69 Å². The maximum absolute atomic E-state index is 13.6. The molecule has 0 aliphatic carbocycles. The van der Waals surface area contributed by atoms with Gasteiger partial charge in [-0.3, -0.25) is 13.6 Å². The highest BCUT2D eigenvalue weighted by Crippen LogP contribution is 2.35. The van der Waals surface area contributed by atoms with E-state index >= 15 is 0 Å². The summed E-state index contributed by atoms with van der Waals surface area (Å²) in [7, 11) is -11.2. The lowest BCUT2D eigenvalue weighted by molar-refractivity contribution is -0.0504. The largest absolute Gasteiger partial charge is 0.534 e. The third kappa shape index (κ3) is 6.78. The van der Waals surface area contributed by atoms with Gasteiger partial charge in [-0.15, -0.1) is 0 Å². The van der Waals surface area contributed by atoms with Crippen molar-refractivity contribution in [1.82, 2.24) is 8.54 Å². The van der Waals surface area contributed by atoms with Gasteiger partial charge >= 0.3 is 31.3 Å². The average Bonchev–Trinajstić information content (AvgIpc) is 3.58. The van der Waals surface area contributed by atoms with E-state index in [-0.39, 0.29) is 17.1 Å². The van der Waals surface area contributed by atoms with Gasteiger partial charge in [0.1, 0.15) is 28.7 Å². The second-order valence-electron chi connectivity index (χ2n) is 8.69. The Hall–Kier alpha value is -3.90. The molecule has 0 saturated heterocycles. The number of benzene rings is 2. The number of aromatic hydroxyl groups is 2. The number of alkyl halides is 6. The van der Waals surface area contributed by atoms with Crippen LogP contribution in [0.15, 0.2) is 67.0 Å².